The van der Waals surface area contributed by atoms with Gasteiger partial charge in [-0.15, -0.1) is 0 Å². The van der Waals surface area contributed by atoms with Crippen LogP contribution in [0.2, 0.25) is 0 Å². The topological polar surface area (TPSA) is 82.4 Å². The molecule has 0 bridgehead atoms. The van der Waals surface area contributed by atoms with Gasteiger partial charge in [0.15, 0.2) is 6.29 Å². The van der Waals surface area contributed by atoms with Crippen LogP contribution >= 0.6 is 0 Å². The average Bonchev–Trinajstić information content (AvgIpc) is 3.13. The molecular formula is C19H15NO5S. The van der Waals surface area contributed by atoms with Gasteiger partial charge < -0.3 is 4.74 Å². The number of ether oxygens (including phenoxy) is 1. The lowest BCUT2D eigenvalue weighted by molar-refractivity contribution is 0.0600. The minimum Gasteiger partial charge on any atom is -0.465 e. The first-order valence-corrected chi connectivity index (χ1v) is 9.08. The van der Waals surface area contributed by atoms with Crippen molar-refractivity contribution < 1.29 is 22.7 Å². The Morgan fingerprint density at radius 3 is 2.42 bits per heavy atom. The van der Waals surface area contributed by atoms with E-state index in [0.29, 0.717) is 17.5 Å². The van der Waals surface area contributed by atoms with Crippen LogP contribution in [-0.2, 0) is 14.8 Å². The van der Waals surface area contributed by atoms with E-state index in [2.05, 4.69) is 4.74 Å². The minimum absolute atomic E-state index is 0.0781. The van der Waals surface area contributed by atoms with Gasteiger partial charge in [-0.2, -0.15) is 0 Å². The lowest BCUT2D eigenvalue weighted by Crippen LogP contribution is -2.14. The first-order valence-electron chi connectivity index (χ1n) is 7.64. The van der Waals surface area contributed by atoms with Gasteiger partial charge in [-0.05, 0) is 29.8 Å². The summed E-state index contributed by atoms with van der Waals surface area (Å²) in [5, 5.41) is 0. The van der Waals surface area contributed by atoms with Crippen molar-refractivity contribution >= 4 is 22.3 Å². The molecule has 3 rings (SSSR count). The molecule has 0 aliphatic carbocycles. The summed E-state index contributed by atoms with van der Waals surface area (Å²) in [6, 6.07) is 15.9. The van der Waals surface area contributed by atoms with Gasteiger partial charge in [-0.25, -0.2) is 17.2 Å². The van der Waals surface area contributed by atoms with Crippen molar-refractivity contribution in [2.24, 2.45) is 0 Å². The van der Waals surface area contributed by atoms with E-state index in [0.717, 1.165) is 3.97 Å². The third-order valence-electron chi connectivity index (χ3n) is 3.82. The standard InChI is InChI=1S/C19H15NO5S/c1-25-19(22)16-8-5-9-17(11-16)26(23,24)20-12-14(13-21)10-18(20)15-6-3-2-4-7-15/h2-13H,1H3. The monoisotopic (exact) mass is 369 g/mol. The van der Waals surface area contributed by atoms with Crippen LogP contribution in [0.3, 0.4) is 0 Å². The quantitative estimate of drug-likeness (QED) is 0.510. The Morgan fingerprint density at radius 1 is 1.04 bits per heavy atom. The molecule has 0 atom stereocenters. The molecule has 0 fully saturated rings. The number of benzene rings is 2. The Kier molecular flexibility index (Phi) is 4.73. The number of carbonyl (C=O) groups excluding carboxylic acids is 2. The van der Waals surface area contributed by atoms with Crippen molar-refractivity contribution in [3.63, 3.8) is 0 Å². The second-order valence-electron chi connectivity index (χ2n) is 5.46. The number of esters is 1. The number of carbonyl (C=O) groups is 2. The van der Waals surface area contributed by atoms with Crippen molar-refractivity contribution in [2.45, 2.75) is 4.90 Å². The van der Waals surface area contributed by atoms with Crippen LogP contribution in [0.5, 0.6) is 0 Å². The van der Waals surface area contributed by atoms with E-state index in [1.165, 1.54) is 43.6 Å². The molecule has 0 saturated carbocycles. The molecule has 132 valence electrons. The van der Waals surface area contributed by atoms with Crippen LogP contribution < -0.4 is 0 Å². The Morgan fingerprint density at radius 2 is 1.77 bits per heavy atom. The predicted molar refractivity (Wildman–Crippen MR) is 95.6 cm³/mol. The van der Waals surface area contributed by atoms with Crippen molar-refractivity contribution in [1.82, 2.24) is 3.97 Å². The van der Waals surface area contributed by atoms with E-state index in [1.54, 1.807) is 24.3 Å². The summed E-state index contributed by atoms with van der Waals surface area (Å²) in [5.74, 6) is -0.633. The van der Waals surface area contributed by atoms with E-state index in [-0.39, 0.29) is 16.0 Å². The Hall–Kier alpha value is -3.19. The molecule has 0 N–H and O–H groups in total. The number of aldehydes is 1. The Labute approximate surface area is 150 Å². The zero-order valence-corrected chi connectivity index (χ0v) is 14.6. The van der Waals surface area contributed by atoms with Gasteiger partial charge in [0.2, 0.25) is 0 Å². The van der Waals surface area contributed by atoms with Crippen molar-refractivity contribution in [1.29, 1.82) is 0 Å². The number of methoxy groups -OCH3 is 1. The lowest BCUT2D eigenvalue weighted by Gasteiger charge is -2.11. The SMILES string of the molecule is COC(=O)c1cccc(S(=O)(=O)n2cc(C=O)cc2-c2ccccc2)c1. The van der Waals surface area contributed by atoms with Crippen molar-refractivity contribution in [3.05, 3.63) is 78.0 Å². The van der Waals surface area contributed by atoms with Gasteiger partial charge in [0, 0.05) is 11.8 Å². The van der Waals surface area contributed by atoms with Gasteiger partial charge in [0.1, 0.15) is 0 Å². The highest BCUT2D eigenvalue weighted by molar-refractivity contribution is 7.90. The molecule has 7 heteroatoms. The highest BCUT2D eigenvalue weighted by Gasteiger charge is 2.23. The highest BCUT2D eigenvalue weighted by atomic mass is 32.2. The Balaban J connectivity index is 2.18. The molecule has 0 aliphatic rings. The zero-order valence-electron chi connectivity index (χ0n) is 13.8. The molecule has 0 unspecified atom stereocenters. The summed E-state index contributed by atoms with van der Waals surface area (Å²) in [4.78, 5) is 22.8. The second kappa shape index (κ2) is 6.97. The maximum absolute atomic E-state index is 13.1. The van der Waals surface area contributed by atoms with Crippen molar-refractivity contribution in [3.8, 4) is 11.3 Å². The smallest absolute Gasteiger partial charge is 0.337 e. The van der Waals surface area contributed by atoms with Gasteiger partial charge in [-0.1, -0.05) is 36.4 Å². The zero-order chi connectivity index (χ0) is 18.7. The van der Waals surface area contributed by atoms with Gasteiger partial charge >= 0.3 is 5.97 Å². The van der Waals surface area contributed by atoms with Gasteiger partial charge in [0.25, 0.3) is 10.0 Å². The fraction of sp³-hybridized carbons (Fsp3) is 0.0526. The number of hydrogen-bond acceptors (Lipinski definition) is 5. The molecule has 6 nitrogen and oxygen atoms in total. The van der Waals surface area contributed by atoms with E-state index in [4.69, 9.17) is 0 Å². The normalized spacial score (nSPS) is 11.1. The maximum atomic E-state index is 13.1. The van der Waals surface area contributed by atoms with Gasteiger partial charge in [-0.3, -0.25) is 4.79 Å². The van der Waals surface area contributed by atoms with E-state index in [1.807, 2.05) is 6.07 Å². The maximum Gasteiger partial charge on any atom is 0.337 e. The average molecular weight is 369 g/mol. The highest BCUT2D eigenvalue weighted by Crippen LogP contribution is 2.27. The molecule has 0 saturated heterocycles. The molecule has 2 aromatic carbocycles. The van der Waals surface area contributed by atoms with Crippen LogP contribution in [0.1, 0.15) is 20.7 Å². The van der Waals surface area contributed by atoms with E-state index < -0.39 is 16.0 Å². The number of rotatable bonds is 5. The van der Waals surface area contributed by atoms with Crippen molar-refractivity contribution in [2.75, 3.05) is 7.11 Å². The molecule has 0 amide bonds. The summed E-state index contributed by atoms with van der Waals surface area (Å²) in [7, 11) is -2.80. The summed E-state index contributed by atoms with van der Waals surface area (Å²) in [5.41, 5.74) is 1.36. The fourth-order valence-corrected chi connectivity index (χ4v) is 3.99. The summed E-state index contributed by atoms with van der Waals surface area (Å²) in [6.45, 7) is 0. The predicted octanol–water partition coefficient (Wildman–Crippen LogP) is 2.99. The summed E-state index contributed by atoms with van der Waals surface area (Å²) >= 11 is 0. The number of aromatic nitrogens is 1. The Bertz CT molecular complexity index is 1070. The third-order valence-corrected chi connectivity index (χ3v) is 5.49. The molecule has 1 aromatic heterocycles. The van der Waals surface area contributed by atoms with Crippen LogP contribution in [0.15, 0.2) is 71.8 Å². The molecule has 0 aliphatic heterocycles. The first-order chi connectivity index (χ1) is 12.5. The van der Waals surface area contributed by atoms with Crippen LogP contribution in [0.25, 0.3) is 11.3 Å². The molecule has 0 radical (unpaired) electrons. The second-order valence-corrected chi connectivity index (χ2v) is 7.28. The van der Waals surface area contributed by atoms with Crippen LogP contribution in [0, 0.1) is 0 Å². The summed E-state index contributed by atoms with van der Waals surface area (Å²) in [6.07, 6.45) is 1.85. The molecule has 26 heavy (non-hydrogen) atoms. The molecular weight excluding hydrogens is 354 g/mol. The molecule has 1 heterocycles. The minimum atomic E-state index is -4.02. The lowest BCUT2D eigenvalue weighted by atomic mass is 10.1. The summed E-state index contributed by atoms with van der Waals surface area (Å²) < 4.78 is 31.9. The number of hydrogen-bond donors (Lipinski definition) is 0. The largest absolute Gasteiger partial charge is 0.465 e. The molecule has 3 aromatic rings. The number of nitrogens with zero attached hydrogens (tertiary/aromatic N) is 1. The third kappa shape index (κ3) is 3.16. The van der Waals surface area contributed by atoms with E-state index in [9.17, 15) is 18.0 Å². The van der Waals surface area contributed by atoms with E-state index >= 15 is 0 Å². The van der Waals surface area contributed by atoms with Gasteiger partial charge in [0.05, 0.1) is 23.3 Å². The molecule has 0 spiro atoms. The first kappa shape index (κ1) is 17.6. The fourth-order valence-electron chi connectivity index (χ4n) is 2.56. The van der Waals surface area contributed by atoms with Crippen LogP contribution in [-0.4, -0.2) is 31.8 Å². The van der Waals surface area contributed by atoms with Crippen LogP contribution in [0.4, 0.5) is 0 Å².